The Kier molecular flexibility index (Phi) is 4.70. The van der Waals surface area contributed by atoms with Gasteiger partial charge in [0.05, 0.1) is 12.8 Å². The number of nitrogens with one attached hydrogen (secondary N) is 1. The van der Waals surface area contributed by atoms with Crippen molar-refractivity contribution in [1.82, 2.24) is 0 Å². The third kappa shape index (κ3) is 4.73. The molecule has 1 N–H and O–H groups in total. The summed E-state index contributed by atoms with van der Waals surface area (Å²) in [6.45, 7) is 7.50. The Labute approximate surface area is 114 Å². The van der Waals surface area contributed by atoms with Crippen molar-refractivity contribution in [3.63, 3.8) is 0 Å². The third-order valence-electron chi connectivity index (χ3n) is 2.57. The number of methoxy groups -OCH3 is 1. The highest BCUT2D eigenvalue weighted by Gasteiger charge is 2.17. The molecule has 4 nitrogen and oxygen atoms in total. The smallest absolute Gasteiger partial charge is 0.224 e. The number of anilines is 1. The normalized spacial score (nSPS) is 11.0. The molecule has 0 aliphatic heterocycles. The first-order valence-corrected chi connectivity index (χ1v) is 6.22. The molecule has 0 saturated heterocycles. The quantitative estimate of drug-likeness (QED) is 0.848. The molecule has 0 aromatic heterocycles. The van der Waals surface area contributed by atoms with Gasteiger partial charge in [0, 0.05) is 12.0 Å². The molecule has 0 spiro atoms. The van der Waals surface area contributed by atoms with Gasteiger partial charge in [-0.1, -0.05) is 20.8 Å². The van der Waals surface area contributed by atoms with Gasteiger partial charge in [-0.2, -0.15) is 0 Å². The summed E-state index contributed by atoms with van der Waals surface area (Å²) in [5.74, 6) is 0.391. The monoisotopic (exact) mass is 263 g/mol. The minimum absolute atomic E-state index is 0.0362. The van der Waals surface area contributed by atoms with Crippen molar-refractivity contribution < 1.29 is 14.3 Å². The fourth-order valence-electron chi connectivity index (χ4n) is 1.69. The van der Waals surface area contributed by atoms with Gasteiger partial charge in [0.15, 0.2) is 5.78 Å². The van der Waals surface area contributed by atoms with E-state index in [0.29, 0.717) is 23.4 Å². The highest BCUT2D eigenvalue weighted by molar-refractivity contribution is 5.97. The fraction of sp³-hybridized carbons (Fsp3) is 0.467. The summed E-state index contributed by atoms with van der Waals surface area (Å²) in [6.07, 6.45) is 0.421. The average molecular weight is 263 g/mol. The van der Waals surface area contributed by atoms with Crippen LogP contribution in [0.1, 0.15) is 44.5 Å². The van der Waals surface area contributed by atoms with E-state index >= 15 is 0 Å². The zero-order valence-electron chi connectivity index (χ0n) is 12.2. The van der Waals surface area contributed by atoms with Crippen LogP contribution >= 0.6 is 0 Å². The summed E-state index contributed by atoms with van der Waals surface area (Å²) in [6, 6.07) is 5.00. The fourth-order valence-corrected chi connectivity index (χ4v) is 1.69. The topological polar surface area (TPSA) is 55.4 Å². The molecule has 0 heterocycles. The Morgan fingerprint density at radius 2 is 1.89 bits per heavy atom. The van der Waals surface area contributed by atoms with E-state index in [9.17, 15) is 9.59 Å². The molecule has 1 aromatic rings. The van der Waals surface area contributed by atoms with Crippen LogP contribution in [-0.4, -0.2) is 18.8 Å². The summed E-state index contributed by atoms with van der Waals surface area (Å²) < 4.78 is 5.20. The van der Waals surface area contributed by atoms with Crippen LogP contribution in [0.4, 0.5) is 5.69 Å². The van der Waals surface area contributed by atoms with Gasteiger partial charge >= 0.3 is 0 Å². The summed E-state index contributed by atoms with van der Waals surface area (Å²) >= 11 is 0. The molecular weight excluding hydrogens is 242 g/mol. The number of carbonyl (C=O) groups excluding carboxylic acids is 2. The number of ketones is 1. The third-order valence-corrected chi connectivity index (χ3v) is 2.57. The summed E-state index contributed by atoms with van der Waals surface area (Å²) in [5.41, 5.74) is 1.07. The molecule has 0 unspecified atom stereocenters. The van der Waals surface area contributed by atoms with Crippen LogP contribution in [0.3, 0.4) is 0 Å². The van der Waals surface area contributed by atoms with Crippen molar-refractivity contribution in [3.05, 3.63) is 23.8 Å². The Morgan fingerprint density at radius 1 is 1.26 bits per heavy atom. The molecule has 1 amide bonds. The van der Waals surface area contributed by atoms with Gasteiger partial charge in [-0.05, 0) is 30.5 Å². The van der Waals surface area contributed by atoms with Crippen LogP contribution in [0.15, 0.2) is 18.2 Å². The first kappa shape index (κ1) is 15.2. The molecule has 0 saturated carbocycles. The van der Waals surface area contributed by atoms with Gasteiger partial charge in [0.25, 0.3) is 0 Å². The molecule has 0 fully saturated rings. The molecule has 0 radical (unpaired) electrons. The molecule has 1 aromatic carbocycles. The lowest BCUT2D eigenvalue weighted by Crippen LogP contribution is -2.20. The number of ether oxygens (including phenoxy) is 1. The molecule has 104 valence electrons. The second-order valence-electron chi connectivity index (χ2n) is 5.76. The summed E-state index contributed by atoms with van der Waals surface area (Å²) in [7, 11) is 1.51. The number of amides is 1. The number of Topliss-reactive ketones (excluding diaryl/α,β-unsaturated/α-hetero) is 1. The maximum absolute atomic E-state index is 11.9. The molecule has 0 aliphatic rings. The SMILES string of the molecule is COc1cc(C(C)=O)ccc1NC(=O)CC(C)(C)C. The molecule has 0 atom stereocenters. The number of hydrogen-bond acceptors (Lipinski definition) is 3. The number of carbonyl (C=O) groups is 2. The van der Waals surface area contributed by atoms with Gasteiger partial charge in [-0.25, -0.2) is 0 Å². The average Bonchev–Trinajstić information content (AvgIpc) is 2.26. The predicted octanol–water partition coefficient (Wildman–Crippen LogP) is 3.27. The lowest BCUT2D eigenvalue weighted by Gasteiger charge is -2.18. The molecule has 0 aliphatic carbocycles. The molecule has 19 heavy (non-hydrogen) atoms. The predicted molar refractivity (Wildman–Crippen MR) is 75.7 cm³/mol. The summed E-state index contributed by atoms with van der Waals surface area (Å²) in [4.78, 5) is 23.2. The molecular formula is C15H21NO3. The van der Waals surface area contributed by atoms with Crippen LogP contribution in [-0.2, 0) is 4.79 Å². The number of benzene rings is 1. The Balaban J connectivity index is 2.89. The van der Waals surface area contributed by atoms with E-state index in [1.54, 1.807) is 18.2 Å². The van der Waals surface area contributed by atoms with E-state index in [2.05, 4.69) is 5.32 Å². The first-order chi connectivity index (χ1) is 8.73. The Hall–Kier alpha value is -1.84. The van der Waals surface area contributed by atoms with E-state index in [0.717, 1.165) is 0 Å². The van der Waals surface area contributed by atoms with E-state index in [1.165, 1.54) is 14.0 Å². The zero-order valence-corrected chi connectivity index (χ0v) is 12.2. The van der Waals surface area contributed by atoms with Crippen molar-refractivity contribution in [2.24, 2.45) is 5.41 Å². The second-order valence-corrected chi connectivity index (χ2v) is 5.76. The molecule has 4 heteroatoms. The Morgan fingerprint density at radius 3 is 2.37 bits per heavy atom. The van der Waals surface area contributed by atoms with Crippen molar-refractivity contribution in [3.8, 4) is 5.75 Å². The largest absolute Gasteiger partial charge is 0.495 e. The van der Waals surface area contributed by atoms with E-state index < -0.39 is 0 Å². The Bertz CT molecular complexity index is 487. The van der Waals surface area contributed by atoms with Crippen LogP contribution in [0.5, 0.6) is 5.75 Å². The van der Waals surface area contributed by atoms with Crippen molar-refractivity contribution >= 4 is 17.4 Å². The maximum atomic E-state index is 11.9. The van der Waals surface area contributed by atoms with E-state index in [-0.39, 0.29) is 17.1 Å². The van der Waals surface area contributed by atoms with Gasteiger partial charge in [0.1, 0.15) is 5.75 Å². The van der Waals surface area contributed by atoms with Crippen LogP contribution < -0.4 is 10.1 Å². The van der Waals surface area contributed by atoms with E-state index in [4.69, 9.17) is 4.74 Å². The lowest BCUT2D eigenvalue weighted by molar-refractivity contribution is -0.117. The van der Waals surface area contributed by atoms with Crippen molar-refractivity contribution in [2.75, 3.05) is 12.4 Å². The van der Waals surface area contributed by atoms with Gasteiger partial charge < -0.3 is 10.1 Å². The minimum Gasteiger partial charge on any atom is -0.495 e. The van der Waals surface area contributed by atoms with Gasteiger partial charge in [-0.3, -0.25) is 9.59 Å². The van der Waals surface area contributed by atoms with Gasteiger partial charge in [0.2, 0.25) is 5.91 Å². The van der Waals surface area contributed by atoms with Crippen molar-refractivity contribution in [1.29, 1.82) is 0 Å². The second kappa shape index (κ2) is 5.87. The van der Waals surface area contributed by atoms with Crippen molar-refractivity contribution in [2.45, 2.75) is 34.1 Å². The lowest BCUT2D eigenvalue weighted by atomic mass is 9.92. The highest BCUT2D eigenvalue weighted by Crippen LogP contribution is 2.27. The highest BCUT2D eigenvalue weighted by atomic mass is 16.5. The first-order valence-electron chi connectivity index (χ1n) is 6.22. The van der Waals surface area contributed by atoms with E-state index in [1.807, 2.05) is 20.8 Å². The minimum atomic E-state index is -0.0728. The summed E-state index contributed by atoms with van der Waals surface area (Å²) in [5, 5.41) is 2.81. The van der Waals surface area contributed by atoms with Gasteiger partial charge in [-0.15, -0.1) is 0 Å². The maximum Gasteiger partial charge on any atom is 0.224 e. The van der Waals surface area contributed by atoms with Crippen LogP contribution in [0.25, 0.3) is 0 Å². The molecule has 1 rings (SSSR count). The standard InChI is InChI=1S/C15H21NO3/c1-10(17)11-6-7-12(13(8-11)19-5)16-14(18)9-15(2,3)4/h6-8H,9H2,1-5H3,(H,16,18). The molecule has 0 bridgehead atoms. The van der Waals surface area contributed by atoms with Crippen LogP contribution in [0, 0.1) is 5.41 Å². The zero-order chi connectivity index (χ0) is 14.6. The number of rotatable bonds is 4. The number of hydrogen-bond donors (Lipinski definition) is 1. The van der Waals surface area contributed by atoms with Crippen LogP contribution in [0.2, 0.25) is 0 Å².